The summed E-state index contributed by atoms with van der Waals surface area (Å²) in [6.45, 7) is 2.38. The van der Waals surface area contributed by atoms with Gasteiger partial charge < -0.3 is 9.88 Å². The lowest BCUT2D eigenvalue weighted by Gasteiger charge is -2.05. The molecule has 0 atom stereocenters. The lowest BCUT2D eigenvalue weighted by Crippen LogP contribution is -2.17. The van der Waals surface area contributed by atoms with Gasteiger partial charge in [-0.15, -0.1) is 0 Å². The van der Waals surface area contributed by atoms with Gasteiger partial charge in [-0.25, -0.2) is 4.39 Å². The summed E-state index contributed by atoms with van der Waals surface area (Å²) in [5.41, 5.74) is 4.57. The molecule has 0 aliphatic heterocycles. The molecule has 0 amide bonds. The van der Waals surface area contributed by atoms with E-state index in [2.05, 4.69) is 64.6 Å². The van der Waals surface area contributed by atoms with Crippen molar-refractivity contribution in [2.24, 2.45) is 0 Å². The zero-order chi connectivity index (χ0) is 18.5. The Bertz CT molecular complexity index is 1020. The Morgan fingerprint density at radius 3 is 2.37 bits per heavy atom. The van der Waals surface area contributed by atoms with Crippen LogP contribution in [0.2, 0.25) is 0 Å². The molecule has 3 heteroatoms. The van der Waals surface area contributed by atoms with Crippen molar-refractivity contribution in [3.63, 3.8) is 0 Å². The first kappa shape index (κ1) is 17.5. The fraction of sp³-hybridized carbons (Fsp3) is 0.167. The summed E-state index contributed by atoms with van der Waals surface area (Å²) >= 11 is 0. The molecule has 0 saturated heterocycles. The van der Waals surface area contributed by atoms with Crippen LogP contribution < -0.4 is 5.32 Å². The predicted molar refractivity (Wildman–Crippen MR) is 109 cm³/mol. The van der Waals surface area contributed by atoms with E-state index in [4.69, 9.17) is 0 Å². The maximum absolute atomic E-state index is 13.7. The van der Waals surface area contributed by atoms with E-state index in [1.54, 1.807) is 6.07 Å². The molecule has 1 aromatic heterocycles. The van der Waals surface area contributed by atoms with Gasteiger partial charge >= 0.3 is 0 Å². The zero-order valence-corrected chi connectivity index (χ0v) is 15.2. The van der Waals surface area contributed by atoms with Crippen molar-refractivity contribution < 1.29 is 4.39 Å². The lowest BCUT2D eigenvalue weighted by molar-refractivity contribution is 0.598. The number of halogens is 1. The molecule has 2 nitrogen and oxygen atoms in total. The number of hydrogen-bond donors (Lipinski definition) is 1. The largest absolute Gasteiger partial charge is 0.343 e. The SMILES string of the molecule is Fc1ccccc1CCNCc1cn(Cc2ccccc2)c2ccccc12. The number of fused-ring (bicyclic) bond motifs is 1. The van der Waals surface area contributed by atoms with Crippen molar-refractivity contribution in [3.05, 3.63) is 108 Å². The van der Waals surface area contributed by atoms with Crippen LogP contribution in [0.1, 0.15) is 16.7 Å². The highest BCUT2D eigenvalue weighted by Crippen LogP contribution is 2.22. The molecule has 0 saturated carbocycles. The first-order valence-corrected chi connectivity index (χ1v) is 9.36. The van der Waals surface area contributed by atoms with Crippen molar-refractivity contribution >= 4 is 10.9 Å². The maximum Gasteiger partial charge on any atom is 0.126 e. The molecule has 3 aromatic carbocycles. The first-order valence-electron chi connectivity index (χ1n) is 9.36. The highest BCUT2D eigenvalue weighted by Gasteiger charge is 2.08. The molecule has 0 unspecified atom stereocenters. The lowest BCUT2D eigenvalue weighted by atomic mass is 10.1. The molecule has 0 aliphatic rings. The Balaban J connectivity index is 1.46. The van der Waals surface area contributed by atoms with Gasteiger partial charge in [0.25, 0.3) is 0 Å². The zero-order valence-electron chi connectivity index (χ0n) is 15.2. The monoisotopic (exact) mass is 358 g/mol. The van der Waals surface area contributed by atoms with E-state index in [1.165, 1.54) is 28.1 Å². The molecule has 1 N–H and O–H groups in total. The normalized spacial score (nSPS) is 11.1. The van der Waals surface area contributed by atoms with Gasteiger partial charge in [-0.05, 0) is 41.8 Å². The van der Waals surface area contributed by atoms with Gasteiger partial charge in [-0.2, -0.15) is 0 Å². The first-order chi connectivity index (χ1) is 13.3. The molecular weight excluding hydrogens is 335 g/mol. The molecule has 0 fully saturated rings. The van der Waals surface area contributed by atoms with Gasteiger partial charge in [-0.1, -0.05) is 66.7 Å². The van der Waals surface area contributed by atoms with Gasteiger partial charge in [0.2, 0.25) is 0 Å². The molecule has 4 aromatic rings. The third kappa shape index (κ3) is 4.09. The number of para-hydroxylation sites is 1. The van der Waals surface area contributed by atoms with E-state index in [9.17, 15) is 4.39 Å². The summed E-state index contributed by atoms with van der Waals surface area (Å²) in [5.74, 6) is -0.126. The molecular formula is C24H23FN2. The number of aromatic nitrogens is 1. The van der Waals surface area contributed by atoms with Gasteiger partial charge in [0.15, 0.2) is 0 Å². The van der Waals surface area contributed by atoms with Crippen LogP contribution in [0.25, 0.3) is 10.9 Å². The predicted octanol–water partition coefficient (Wildman–Crippen LogP) is 5.16. The number of nitrogens with one attached hydrogen (secondary N) is 1. The topological polar surface area (TPSA) is 17.0 Å². The van der Waals surface area contributed by atoms with Crippen LogP contribution in [0.15, 0.2) is 85.1 Å². The summed E-state index contributed by atoms with van der Waals surface area (Å²) in [5, 5.41) is 4.74. The summed E-state index contributed by atoms with van der Waals surface area (Å²) in [6, 6.07) is 26.0. The minimum atomic E-state index is -0.126. The van der Waals surface area contributed by atoms with E-state index in [0.29, 0.717) is 6.42 Å². The smallest absolute Gasteiger partial charge is 0.126 e. The summed E-state index contributed by atoms with van der Waals surface area (Å²) in [4.78, 5) is 0. The van der Waals surface area contributed by atoms with Gasteiger partial charge in [-0.3, -0.25) is 0 Å². The van der Waals surface area contributed by atoms with E-state index < -0.39 is 0 Å². The fourth-order valence-electron chi connectivity index (χ4n) is 3.52. The highest BCUT2D eigenvalue weighted by atomic mass is 19.1. The minimum Gasteiger partial charge on any atom is -0.343 e. The number of benzene rings is 3. The van der Waals surface area contributed by atoms with Crippen molar-refractivity contribution in [2.45, 2.75) is 19.5 Å². The second-order valence-electron chi connectivity index (χ2n) is 6.80. The Labute approximate surface area is 159 Å². The van der Waals surface area contributed by atoms with Crippen molar-refractivity contribution in [1.29, 1.82) is 0 Å². The summed E-state index contributed by atoms with van der Waals surface area (Å²) < 4.78 is 16.0. The Morgan fingerprint density at radius 2 is 1.52 bits per heavy atom. The third-order valence-electron chi connectivity index (χ3n) is 4.91. The Hall–Kier alpha value is -2.91. The van der Waals surface area contributed by atoms with Gasteiger partial charge in [0.1, 0.15) is 5.82 Å². The van der Waals surface area contributed by atoms with E-state index in [1.807, 2.05) is 18.2 Å². The van der Waals surface area contributed by atoms with Gasteiger partial charge in [0.05, 0.1) is 0 Å². The van der Waals surface area contributed by atoms with Crippen LogP contribution in [0, 0.1) is 5.82 Å². The number of hydrogen-bond acceptors (Lipinski definition) is 1. The van der Waals surface area contributed by atoms with E-state index in [0.717, 1.165) is 25.2 Å². The fourth-order valence-corrected chi connectivity index (χ4v) is 3.52. The van der Waals surface area contributed by atoms with Crippen molar-refractivity contribution in [2.75, 3.05) is 6.54 Å². The molecule has 136 valence electrons. The van der Waals surface area contributed by atoms with Crippen molar-refractivity contribution in [3.8, 4) is 0 Å². The molecule has 0 bridgehead atoms. The molecule has 4 rings (SSSR count). The molecule has 27 heavy (non-hydrogen) atoms. The second-order valence-corrected chi connectivity index (χ2v) is 6.80. The average Bonchev–Trinajstić information content (AvgIpc) is 3.05. The third-order valence-corrected chi connectivity index (χ3v) is 4.91. The summed E-state index contributed by atoms with van der Waals surface area (Å²) in [7, 11) is 0. The number of rotatable bonds is 7. The highest BCUT2D eigenvalue weighted by molar-refractivity contribution is 5.84. The van der Waals surface area contributed by atoms with Crippen LogP contribution in [-0.2, 0) is 19.5 Å². The van der Waals surface area contributed by atoms with Crippen LogP contribution in [0.4, 0.5) is 4.39 Å². The summed E-state index contributed by atoms with van der Waals surface area (Å²) in [6.07, 6.45) is 2.92. The van der Waals surface area contributed by atoms with Crippen LogP contribution in [0.5, 0.6) is 0 Å². The molecule has 0 spiro atoms. The quantitative estimate of drug-likeness (QED) is 0.452. The van der Waals surface area contributed by atoms with Crippen LogP contribution in [0.3, 0.4) is 0 Å². The maximum atomic E-state index is 13.7. The average molecular weight is 358 g/mol. The minimum absolute atomic E-state index is 0.126. The second kappa shape index (κ2) is 8.19. The molecule has 0 radical (unpaired) electrons. The van der Waals surface area contributed by atoms with Crippen LogP contribution >= 0.6 is 0 Å². The standard InChI is InChI=1S/C24H23FN2/c25-23-12-6-4-10-20(23)14-15-26-16-21-18-27(17-19-8-2-1-3-9-19)24-13-7-5-11-22(21)24/h1-13,18,26H,14-17H2. The molecule has 0 aliphatic carbocycles. The Morgan fingerprint density at radius 1 is 0.778 bits per heavy atom. The van der Waals surface area contributed by atoms with Crippen molar-refractivity contribution in [1.82, 2.24) is 9.88 Å². The number of nitrogens with zero attached hydrogens (tertiary/aromatic N) is 1. The van der Waals surface area contributed by atoms with Gasteiger partial charge in [0, 0.05) is 30.2 Å². The van der Waals surface area contributed by atoms with Crippen LogP contribution in [-0.4, -0.2) is 11.1 Å². The van der Waals surface area contributed by atoms with E-state index >= 15 is 0 Å². The molecule has 1 heterocycles. The van der Waals surface area contributed by atoms with E-state index in [-0.39, 0.29) is 5.82 Å². The Kier molecular flexibility index (Phi) is 5.31.